The Morgan fingerprint density at radius 3 is 2.66 bits per heavy atom. The summed E-state index contributed by atoms with van der Waals surface area (Å²) in [6.07, 6.45) is 3.06. The van der Waals surface area contributed by atoms with Crippen molar-refractivity contribution in [1.82, 2.24) is 14.7 Å². The molecule has 156 valence electrons. The average molecular weight is 482 g/mol. The van der Waals surface area contributed by atoms with Crippen LogP contribution in [0, 0.1) is 19.8 Å². The molecule has 1 aromatic heterocycles. The smallest absolute Gasteiger partial charge is 0.246 e. The molecule has 0 bridgehead atoms. The van der Waals surface area contributed by atoms with Crippen LogP contribution in [0.25, 0.3) is 6.08 Å². The van der Waals surface area contributed by atoms with E-state index in [4.69, 9.17) is 11.6 Å². The number of aromatic nitrogens is 2. The van der Waals surface area contributed by atoms with Crippen LogP contribution < -0.4 is 5.32 Å². The summed E-state index contributed by atoms with van der Waals surface area (Å²) in [5.41, 5.74) is 3.12. The summed E-state index contributed by atoms with van der Waals surface area (Å²) in [5.74, 6) is -0.150. The minimum Gasteiger partial charge on any atom is -0.333 e. The van der Waals surface area contributed by atoms with E-state index >= 15 is 0 Å². The van der Waals surface area contributed by atoms with E-state index in [-0.39, 0.29) is 18.4 Å². The molecular weight excluding hydrogens is 456 g/mol. The van der Waals surface area contributed by atoms with E-state index < -0.39 is 0 Å². The lowest BCUT2D eigenvalue weighted by Crippen LogP contribution is -2.34. The minimum absolute atomic E-state index is 0.0575. The first-order valence-electron chi connectivity index (χ1n) is 9.30. The summed E-state index contributed by atoms with van der Waals surface area (Å²) in [5, 5.41) is 7.75. The fourth-order valence-corrected chi connectivity index (χ4v) is 3.54. The van der Waals surface area contributed by atoms with Gasteiger partial charge in [-0.15, -0.1) is 0 Å². The summed E-state index contributed by atoms with van der Waals surface area (Å²) < 4.78 is 2.68. The Morgan fingerprint density at radius 1 is 1.34 bits per heavy atom. The van der Waals surface area contributed by atoms with Crippen molar-refractivity contribution in [3.8, 4) is 0 Å². The summed E-state index contributed by atoms with van der Waals surface area (Å²) >= 11 is 9.79. The summed E-state index contributed by atoms with van der Waals surface area (Å²) in [6, 6.07) is 5.59. The number of nitrogens with zero attached hydrogens (tertiary/aromatic N) is 3. The third-order valence-electron chi connectivity index (χ3n) is 4.26. The zero-order valence-electron chi connectivity index (χ0n) is 17.3. The molecule has 0 aliphatic heterocycles. The third-order valence-corrected chi connectivity index (χ3v) is 5.15. The lowest BCUT2D eigenvalue weighted by atomic mass is 10.2. The Hall–Kier alpha value is -2.12. The van der Waals surface area contributed by atoms with Gasteiger partial charge in [-0.3, -0.25) is 14.3 Å². The number of benzene rings is 1. The number of rotatable bonds is 7. The van der Waals surface area contributed by atoms with Gasteiger partial charge >= 0.3 is 0 Å². The molecule has 0 radical (unpaired) electrons. The second-order valence-electron chi connectivity index (χ2n) is 7.40. The second kappa shape index (κ2) is 10.1. The second-order valence-corrected chi connectivity index (χ2v) is 8.67. The van der Waals surface area contributed by atoms with E-state index in [2.05, 4.69) is 40.2 Å². The lowest BCUT2D eigenvalue weighted by molar-refractivity contribution is -0.129. The number of carbonyl (C=O) groups is 2. The van der Waals surface area contributed by atoms with Gasteiger partial charge in [-0.2, -0.15) is 5.10 Å². The maximum atomic E-state index is 12.4. The fraction of sp³-hybridized carbons (Fsp3) is 0.381. The largest absolute Gasteiger partial charge is 0.333 e. The van der Waals surface area contributed by atoms with Gasteiger partial charge in [-0.25, -0.2) is 0 Å². The zero-order chi connectivity index (χ0) is 21.7. The van der Waals surface area contributed by atoms with Crippen molar-refractivity contribution in [3.63, 3.8) is 0 Å². The highest BCUT2D eigenvalue weighted by atomic mass is 79.9. The molecule has 0 unspecified atom stereocenters. The van der Waals surface area contributed by atoms with Crippen molar-refractivity contribution in [2.45, 2.75) is 34.2 Å². The molecule has 2 aromatic rings. The first kappa shape index (κ1) is 23.2. The van der Waals surface area contributed by atoms with Crippen molar-refractivity contribution in [2.75, 3.05) is 18.9 Å². The molecule has 0 saturated heterocycles. The molecule has 8 heteroatoms. The maximum Gasteiger partial charge on any atom is 0.246 e. The van der Waals surface area contributed by atoms with Crippen molar-refractivity contribution in [3.05, 3.63) is 50.7 Å². The molecule has 29 heavy (non-hydrogen) atoms. The van der Waals surface area contributed by atoms with Gasteiger partial charge in [0.2, 0.25) is 11.8 Å². The minimum atomic E-state index is -0.292. The predicted octanol–water partition coefficient (Wildman–Crippen LogP) is 4.68. The van der Waals surface area contributed by atoms with Crippen molar-refractivity contribution in [1.29, 1.82) is 0 Å². The summed E-state index contributed by atoms with van der Waals surface area (Å²) in [4.78, 5) is 26.0. The molecule has 0 atom stereocenters. The molecule has 0 spiro atoms. The van der Waals surface area contributed by atoms with Gasteiger partial charge in [-0.05, 0) is 49.6 Å². The van der Waals surface area contributed by atoms with Crippen molar-refractivity contribution < 1.29 is 9.59 Å². The van der Waals surface area contributed by atoms with Gasteiger partial charge in [0, 0.05) is 35.4 Å². The molecule has 1 heterocycles. The van der Waals surface area contributed by atoms with Crippen LogP contribution in [0.2, 0.25) is 5.15 Å². The van der Waals surface area contributed by atoms with Crippen molar-refractivity contribution in [2.24, 2.45) is 5.92 Å². The molecule has 0 aliphatic carbocycles. The molecule has 6 nitrogen and oxygen atoms in total. The third kappa shape index (κ3) is 6.44. The molecule has 0 fully saturated rings. The number of halogens is 2. The quantitative estimate of drug-likeness (QED) is 0.584. The molecule has 1 N–H and O–H groups in total. The number of likely N-dealkylation sites (N-methyl/N-ethyl adjacent to an activating group) is 1. The van der Waals surface area contributed by atoms with Gasteiger partial charge in [0.15, 0.2) is 0 Å². The SMILES string of the molecule is Cc1cc(Br)ccc1NC(=O)CN(C)C(=O)C=Cc1c(C)nn(CC(C)C)c1Cl. The van der Waals surface area contributed by atoms with Gasteiger partial charge in [0.25, 0.3) is 0 Å². The van der Waals surface area contributed by atoms with Crippen LogP contribution in [0.15, 0.2) is 28.7 Å². The van der Waals surface area contributed by atoms with E-state index in [0.29, 0.717) is 23.2 Å². The topological polar surface area (TPSA) is 67.2 Å². The van der Waals surface area contributed by atoms with Crippen molar-refractivity contribution >= 4 is 51.1 Å². The number of hydrogen-bond donors (Lipinski definition) is 1. The van der Waals surface area contributed by atoms with Crippen LogP contribution in [0.1, 0.15) is 30.7 Å². The molecule has 2 rings (SSSR count). The highest BCUT2D eigenvalue weighted by Crippen LogP contribution is 2.22. The molecular formula is C21H26BrClN4O2. The first-order valence-corrected chi connectivity index (χ1v) is 10.5. The number of anilines is 1. The first-order chi connectivity index (χ1) is 13.6. The van der Waals surface area contributed by atoms with Crippen LogP contribution in [-0.2, 0) is 16.1 Å². The number of carbonyl (C=O) groups excluding carboxylic acids is 2. The number of aryl methyl sites for hydroxylation is 2. The van der Waals surface area contributed by atoms with Gasteiger partial charge in [0.05, 0.1) is 12.2 Å². The number of amides is 2. The van der Waals surface area contributed by atoms with E-state index in [1.807, 2.05) is 32.0 Å². The Labute approximate surface area is 185 Å². The molecule has 0 aliphatic rings. The van der Waals surface area contributed by atoms with Crippen LogP contribution in [0.4, 0.5) is 5.69 Å². The van der Waals surface area contributed by atoms with Crippen LogP contribution in [-0.4, -0.2) is 40.1 Å². The highest BCUT2D eigenvalue weighted by molar-refractivity contribution is 9.10. The Kier molecular flexibility index (Phi) is 8.05. The van der Waals surface area contributed by atoms with Gasteiger partial charge in [-0.1, -0.05) is 41.4 Å². The Bertz CT molecular complexity index is 937. The summed E-state index contributed by atoms with van der Waals surface area (Å²) in [7, 11) is 1.58. The molecule has 0 saturated carbocycles. The van der Waals surface area contributed by atoms with Gasteiger partial charge < -0.3 is 10.2 Å². The van der Waals surface area contributed by atoms with E-state index in [0.717, 1.165) is 21.4 Å². The monoisotopic (exact) mass is 480 g/mol. The standard InChI is InChI=1S/C21H26BrClN4O2/c1-13(2)11-27-21(23)17(15(4)25-27)7-9-20(29)26(5)12-19(28)24-18-8-6-16(22)10-14(18)3/h6-10,13H,11-12H2,1-5H3,(H,24,28). The fourth-order valence-electron chi connectivity index (χ4n) is 2.76. The number of hydrogen-bond acceptors (Lipinski definition) is 3. The summed E-state index contributed by atoms with van der Waals surface area (Å²) in [6.45, 7) is 8.58. The maximum absolute atomic E-state index is 12.4. The van der Waals surface area contributed by atoms with Crippen LogP contribution in [0.5, 0.6) is 0 Å². The van der Waals surface area contributed by atoms with Crippen LogP contribution in [0.3, 0.4) is 0 Å². The average Bonchev–Trinajstić information content (AvgIpc) is 2.88. The van der Waals surface area contributed by atoms with E-state index in [9.17, 15) is 9.59 Å². The van der Waals surface area contributed by atoms with E-state index in [1.165, 1.54) is 11.0 Å². The van der Waals surface area contributed by atoms with Crippen LogP contribution >= 0.6 is 27.5 Å². The normalized spacial score (nSPS) is 11.3. The van der Waals surface area contributed by atoms with Gasteiger partial charge in [0.1, 0.15) is 5.15 Å². The molecule has 1 aromatic carbocycles. The lowest BCUT2D eigenvalue weighted by Gasteiger charge is -2.15. The van der Waals surface area contributed by atoms with E-state index in [1.54, 1.807) is 17.8 Å². The number of nitrogens with one attached hydrogen (secondary N) is 1. The molecule has 2 amide bonds. The zero-order valence-corrected chi connectivity index (χ0v) is 19.6. The Morgan fingerprint density at radius 2 is 2.03 bits per heavy atom. The predicted molar refractivity (Wildman–Crippen MR) is 121 cm³/mol. The highest BCUT2D eigenvalue weighted by Gasteiger charge is 2.15. The Balaban J connectivity index is 2.00.